The highest BCUT2D eigenvalue weighted by Crippen LogP contribution is 2.37. The van der Waals surface area contributed by atoms with Crippen molar-refractivity contribution in [2.24, 2.45) is 7.05 Å². The second-order valence-corrected chi connectivity index (χ2v) is 10.3. The topological polar surface area (TPSA) is 69.5 Å². The lowest BCUT2D eigenvalue weighted by molar-refractivity contribution is 0.0729. The maximum absolute atomic E-state index is 15.4. The van der Waals surface area contributed by atoms with Gasteiger partial charge in [0, 0.05) is 42.3 Å². The number of aryl methyl sites for hydroxylation is 1. The van der Waals surface area contributed by atoms with E-state index in [2.05, 4.69) is 10.1 Å². The Morgan fingerprint density at radius 1 is 1.14 bits per heavy atom. The lowest BCUT2D eigenvalue weighted by Gasteiger charge is -2.32. The number of amides is 1. The van der Waals surface area contributed by atoms with Gasteiger partial charge in [0.1, 0.15) is 39.4 Å². The number of hydrogen-bond acceptors (Lipinski definition) is 5. The average molecular weight is 496 g/mol. The molecule has 6 rings (SSSR count). The molecule has 37 heavy (non-hydrogen) atoms. The van der Waals surface area contributed by atoms with Crippen molar-refractivity contribution in [1.29, 1.82) is 0 Å². The Morgan fingerprint density at radius 2 is 1.97 bits per heavy atom. The van der Waals surface area contributed by atoms with E-state index in [-0.39, 0.29) is 18.3 Å². The molecule has 2 aliphatic rings. The molecule has 1 aliphatic carbocycles. The normalized spacial score (nSPS) is 16.4. The molecule has 7 nitrogen and oxygen atoms in total. The largest absolute Gasteiger partial charge is 0.489 e. The van der Waals surface area contributed by atoms with E-state index in [0.29, 0.717) is 36.2 Å². The first-order chi connectivity index (χ1) is 17.8. The van der Waals surface area contributed by atoms with Crippen LogP contribution >= 0.6 is 0 Å². The number of carbonyl (C=O) groups is 1. The molecule has 0 saturated heterocycles. The summed E-state index contributed by atoms with van der Waals surface area (Å²) in [5, 5.41) is 4.84. The maximum Gasteiger partial charge on any atom is 0.255 e. The molecule has 0 N–H and O–H groups in total. The van der Waals surface area contributed by atoms with Gasteiger partial charge in [-0.2, -0.15) is 5.10 Å². The minimum Gasteiger partial charge on any atom is -0.489 e. The van der Waals surface area contributed by atoms with Crippen LogP contribution in [0.25, 0.3) is 22.0 Å². The molecule has 1 amide bonds. The second kappa shape index (κ2) is 9.03. The molecule has 0 bridgehead atoms. The number of aromatic nitrogens is 3. The van der Waals surface area contributed by atoms with E-state index in [9.17, 15) is 4.79 Å². The van der Waals surface area contributed by atoms with Gasteiger partial charge in [0.2, 0.25) is 0 Å². The minimum absolute atomic E-state index is 0.133. The molecule has 186 valence electrons. The van der Waals surface area contributed by atoms with Crippen molar-refractivity contribution in [2.45, 2.75) is 30.8 Å². The van der Waals surface area contributed by atoms with Crippen LogP contribution in [0.3, 0.4) is 0 Å². The van der Waals surface area contributed by atoms with Crippen molar-refractivity contribution in [1.82, 2.24) is 19.7 Å². The molecule has 4 aromatic rings. The molecule has 0 radical (unpaired) electrons. The number of hydrogen-bond donors (Lipinski definition) is 0. The monoisotopic (exact) mass is 496 g/mol. The molecule has 1 fully saturated rings. The number of halogens is 1. The van der Waals surface area contributed by atoms with Crippen LogP contribution in [0.1, 0.15) is 34.5 Å². The quantitative estimate of drug-likeness (QED) is 0.277. The summed E-state index contributed by atoms with van der Waals surface area (Å²) < 4.78 is 28.8. The van der Waals surface area contributed by atoms with E-state index in [1.165, 1.54) is 6.07 Å². The highest BCUT2D eigenvalue weighted by Gasteiger charge is 2.43. The predicted octanol–water partition coefficient (Wildman–Crippen LogP) is 2.36. The summed E-state index contributed by atoms with van der Waals surface area (Å²) in [6.07, 6.45) is 6.25. The van der Waals surface area contributed by atoms with Gasteiger partial charge in [0.15, 0.2) is 0 Å². The molecular weight excluding hydrogens is 469 g/mol. The third-order valence-corrected chi connectivity index (χ3v) is 7.20. The molecule has 2 aromatic heterocycles. The third-order valence-electron chi connectivity index (χ3n) is 7.20. The van der Waals surface area contributed by atoms with Crippen LogP contribution in [0.4, 0.5) is 4.39 Å². The van der Waals surface area contributed by atoms with Crippen molar-refractivity contribution in [3.63, 3.8) is 0 Å². The smallest absolute Gasteiger partial charge is 0.255 e. The Balaban J connectivity index is 1.25. The fourth-order valence-corrected chi connectivity index (χ4v) is 5.04. The van der Waals surface area contributed by atoms with Gasteiger partial charge in [-0.1, -0.05) is 12.1 Å². The molecule has 0 spiro atoms. The number of benzene rings is 2. The second-order valence-electron chi connectivity index (χ2n) is 10.3. The van der Waals surface area contributed by atoms with Gasteiger partial charge in [0.05, 0.1) is 24.0 Å². The van der Waals surface area contributed by atoms with Crippen molar-refractivity contribution < 1.29 is 18.7 Å². The molecule has 10 heteroatoms. The summed E-state index contributed by atoms with van der Waals surface area (Å²) in [7, 11) is 5.74. The highest BCUT2D eigenvalue weighted by molar-refractivity contribution is 6.42. The van der Waals surface area contributed by atoms with Gasteiger partial charge >= 0.3 is 0 Å². The number of ether oxygens (including phenoxy) is 2. The summed E-state index contributed by atoms with van der Waals surface area (Å²) in [4.78, 5) is 19.2. The zero-order valence-corrected chi connectivity index (χ0v) is 21.2. The van der Waals surface area contributed by atoms with E-state index >= 15 is 4.39 Å². The number of carbonyl (C=O) groups excluding carboxylic acids is 1. The SMILES string of the molecule is BC1(B)c2ncccc2C(=O)N1Cc1ccc(-c2ccc(OCCOC3CC3)c3nn(C)cc23)cc1F. The van der Waals surface area contributed by atoms with Gasteiger partial charge in [-0.25, -0.2) is 4.39 Å². The van der Waals surface area contributed by atoms with E-state index in [1.807, 2.05) is 47.1 Å². The summed E-state index contributed by atoms with van der Waals surface area (Å²) >= 11 is 0. The summed E-state index contributed by atoms with van der Waals surface area (Å²) in [6, 6.07) is 12.5. The van der Waals surface area contributed by atoms with Gasteiger partial charge < -0.3 is 14.4 Å². The predicted molar refractivity (Wildman–Crippen MR) is 143 cm³/mol. The van der Waals surface area contributed by atoms with Crippen LogP contribution in [0, 0.1) is 5.82 Å². The molecule has 1 aliphatic heterocycles. The Morgan fingerprint density at radius 3 is 2.73 bits per heavy atom. The first kappa shape index (κ1) is 23.7. The van der Waals surface area contributed by atoms with E-state index in [0.717, 1.165) is 40.6 Å². The van der Waals surface area contributed by atoms with E-state index in [4.69, 9.17) is 9.47 Å². The molecule has 0 atom stereocenters. The molecule has 2 aromatic carbocycles. The fraction of sp³-hybridized carbons (Fsp3) is 0.296. The van der Waals surface area contributed by atoms with Gasteiger partial charge in [0.25, 0.3) is 5.91 Å². The number of fused-ring (bicyclic) bond motifs is 2. The fourth-order valence-electron chi connectivity index (χ4n) is 5.04. The van der Waals surface area contributed by atoms with E-state index in [1.54, 1.807) is 34.0 Å². The zero-order chi connectivity index (χ0) is 25.7. The molecule has 1 saturated carbocycles. The van der Waals surface area contributed by atoms with Crippen LogP contribution in [-0.4, -0.2) is 60.6 Å². The Bertz CT molecular complexity index is 1520. The first-order valence-electron chi connectivity index (χ1n) is 12.6. The van der Waals surface area contributed by atoms with Gasteiger partial charge in [-0.3, -0.25) is 14.5 Å². The molecular formula is C27H27B2FN4O3. The Hall–Kier alpha value is -3.65. The minimum atomic E-state index is -0.625. The summed E-state index contributed by atoms with van der Waals surface area (Å²) in [5.41, 5.74) is 4.08. The highest BCUT2D eigenvalue weighted by atomic mass is 19.1. The number of nitrogens with zero attached hydrogens (tertiary/aromatic N) is 4. The summed E-state index contributed by atoms with van der Waals surface area (Å²) in [6.45, 7) is 1.16. The third kappa shape index (κ3) is 4.29. The summed E-state index contributed by atoms with van der Waals surface area (Å²) in [5.74, 6) is 0.185. The average Bonchev–Trinajstić information content (AvgIpc) is 3.59. The van der Waals surface area contributed by atoms with Crippen molar-refractivity contribution in [3.05, 3.63) is 77.5 Å². The van der Waals surface area contributed by atoms with Crippen molar-refractivity contribution in [3.8, 4) is 16.9 Å². The van der Waals surface area contributed by atoms with Crippen molar-refractivity contribution >= 4 is 32.5 Å². The van der Waals surface area contributed by atoms with Crippen molar-refractivity contribution in [2.75, 3.05) is 13.2 Å². The first-order valence-corrected chi connectivity index (χ1v) is 12.6. The number of rotatable bonds is 8. The van der Waals surface area contributed by atoms with Crippen LogP contribution in [-0.2, 0) is 23.7 Å². The van der Waals surface area contributed by atoms with Crippen LogP contribution in [0.15, 0.2) is 54.9 Å². The van der Waals surface area contributed by atoms with Crippen LogP contribution in [0.5, 0.6) is 5.75 Å². The van der Waals surface area contributed by atoms with Gasteiger partial charge in [-0.15, -0.1) is 0 Å². The molecule has 0 unspecified atom stereocenters. The number of pyridine rings is 1. The van der Waals surface area contributed by atoms with Gasteiger partial charge in [-0.05, 0) is 54.3 Å². The Kier molecular flexibility index (Phi) is 5.79. The van der Waals surface area contributed by atoms with Crippen LogP contribution < -0.4 is 4.74 Å². The molecule has 3 heterocycles. The standard InChI is InChI=1S/C27H27B2FN4O3/c1-33-15-21-19(8-9-23(24(21)32-33)37-12-11-36-18-6-7-18)16-4-5-17(22(30)13-16)14-34-26(35)20-3-2-10-31-25(20)27(34,28)29/h2-5,8-10,13,15,18H,6-7,11-12,14,28-29H2,1H3. The van der Waals surface area contributed by atoms with E-state index < -0.39 is 5.34 Å². The lowest BCUT2D eigenvalue weighted by Crippen LogP contribution is -2.44. The lowest BCUT2D eigenvalue weighted by atomic mass is 9.59. The Labute approximate surface area is 216 Å². The van der Waals surface area contributed by atoms with Crippen LogP contribution in [0.2, 0.25) is 0 Å². The zero-order valence-electron chi connectivity index (χ0n) is 21.2. The maximum atomic E-state index is 15.4.